The van der Waals surface area contributed by atoms with E-state index in [9.17, 15) is 4.57 Å². The molecule has 0 aromatic heterocycles. The molecule has 14 N–H and O–H groups in total. The molecule has 0 spiro atoms. The van der Waals surface area contributed by atoms with Gasteiger partial charge in [0.1, 0.15) is 6.10 Å². The van der Waals surface area contributed by atoms with Crippen molar-refractivity contribution in [3.05, 3.63) is 0 Å². The summed E-state index contributed by atoms with van der Waals surface area (Å²) >= 11 is 0. The van der Waals surface area contributed by atoms with E-state index < -0.39 is 27.1 Å². The van der Waals surface area contributed by atoms with Gasteiger partial charge in [-0.15, -0.1) is 0 Å². The van der Waals surface area contributed by atoms with Crippen LogP contribution in [0.1, 0.15) is 0 Å². The second-order valence-corrected chi connectivity index (χ2v) is 2.86. The third-order valence-electron chi connectivity index (χ3n) is 0.646. The Morgan fingerprint density at radius 2 is 1.38 bits per heavy atom. The van der Waals surface area contributed by atoms with Crippen molar-refractivity contribution in [1.29, 1.82) is 0 Å². The summed E-state index contributed by atoms with van der Waals surface area (Å²) in [6.07, 6.45) is -1.24. The number of aliphatic hydroxyl groups excluding tert-OH is 2. The molecule has 1 atom stereocenters. The Labute approximate surface area is 113 Å². The summed E-state index contributed by atoms with van der Waals surface area (Å²) in [7, 11) is -4.50. The van der Waals surface area contributed by atoms with Crippen LogP contribution in [0.2, 0.25) is 0 Å². The zero-order valence-electron chi connectivity index (χ0n) is 7.54. The van der Waals surface area contributed by atoms with Gasteiger partial charge in [0.2, 0.25) is 0 Å². The van der Waals surface area contributed by atoms with Crippen LogP contribution in [0, 0.1) is 0 Å². The van der Waals surface area contributed by atoms with E-state index >= 15 is 0 Å². The molecule has 0 aliphatic rings. The molecule has 0 saturated heterocycles. The van der Waals surface area contributed by atoms with E-state index in [2.05, 4.69) is 4.52 Å². The van der Waals surface area contributed by atoms with Crippen LogP contribution in [0.5, 0.6) is 0 Å². The number of phosphoric ester groups is 1. The third kappa shape index (κ3) is 36.4. The first-order chi connectivity index (χ1) is 4.45. The van der Waals surface area contributed by atoms with Gasteiger partial charge in [0.25, 0.3) is 0 Å². The second-order valence-electron chi connectivity index (χ2n) is 1.62. The van der Waals surface area contributed by atoms with Crippen molar-refractivity contribution < 1.29 is 56.5 Å². The van der Waals surface area contributed by atoms with Crippen LogP contribution in [0.25, 0.3) is 0 Å². The summed E-state index contributed by atoms with van der Waals surface area (Å²) in [6.45, 7) is -1.15. The first-order valence-electron chi connectivity index (χ1n) is 2.44. The van der Waals surface area contributed by atoms with Crippen molar-refractivity contribution in [2.45, 2.75) is 6.10 Å². The van der Waals surface area contributed by atoms with Crippen molar-refractivity contribution in [2.24, 2.45) is 0 Å². The monoisotopic (exact) mass is 286 g/mol. The molecule has 11 nitrogen and oxygen atoms in total. The Hall–Kier alpha value is 0.830. The van der Waals surface area contributed by atoms with E-state index in [-0.39, 0.29) is 56.9 Å². The molecule has 0 saturated carbocycles. The number of hydrogen-bond donors (Lipinski definition) is 4. The van der Waals surface area contributed by atoms with E-state index in [0.717, 1.165) is 0 Å². The fraction of sp³-hybridized carbons (Fsp3) is 1.00. The molecular formula is C3H20NaO11P. The topological polar surface area (TPSA) is 265 Å². The van der Waals surface area contributed by atoms with Crippen molar-refractivity contribution in [2.75, 3.05) is 13.2 Å². The summed E-state index contributed by atoms with van der Waals surface area (Å²) in [5.74, 6) is 0. The van der Waals surface area contributed by atoms with Crippen molar-refractivity contribution in [1.82, 2.24) is 0 Å². The van der Waals surface area contributed by atoms with Crippen LogP contribution in [0.3, 0.4) is 0 Å². The SMILES string of the molecule is O.O.O.O.O.O=P(O)(O)OCC(O)CO.[NaH]. The predicted molar refractivity (Wildman–Crippen MR) is 56.3 cm³/mol. The average Bonchev–Trinajstić information content (AvgIpc) is 1.81. The van der Waals surface area contributed by atoms with Gasteiger partial charge in [-0.3, -0.25) is 4.52 Å². The van der Waals surface area contributed by atoms with Crippen LogP contribution >= 0.6 is 7.82 Å². The van der Waals surface area contributed by atoms with Crippen LogP contribution in [-0.4, -0.2) is 96.3 Å². The maximum atomic E-state index is 9.93. The quantitative estimate of drug-likeness (QED) is 0.288. The molecule has 0 aromatic rings. The van der Waals surface area contributed by atoms with E-state index in [4.69, 9.17) is 20.0 Å². The van der Waals surface area contributed by atoms with Gasteiger partial charge in [-0.25, -0.2) is 4.57 Å². The summed E-state index contributed by atoms with van der Waals surface area (Å²) in [5.41, 5.74) is 0. The Kier molecular flexibility index (Phi) is 57.7. The molecular weight excluding hydrogens is 266 g/mol. The minimum atomic E-state index is -4.50. The van der Waals surface area contributed by atoms with Crippen LogP contribution in [0.4, 0.5) is 0 Å². The van der Waals surface area contributed by atoms with Gasteiger partial charge in [-0.2, -0.15) is 0 Å². The Morgan fingerprint density at radius 1 is 1.06 bits per heavy atom. The molecule has 0 aliphatic heterocycles. The molecule has 0 bridgehead atoms. The standard InChI is InChI=1S/C3H9O6P.Na.5H2O.H/c4-1-3(5)2-9-10(6,7)8;;;;;;;/h3-5H,1-2H2,(H2,6,7,8);;5*1H2;. The third-order valence-corrected chi connectivity index (χ3v) is 1.13. The molecule has 0 rings (SSSR count). The molecule has 13 heteroatoms. The van der Waals surface area contributed by atoms with Gasteiger partial charge in [0.15, 0.2) is 0 Å². The van der Waals surface area contributed by atoms with Gasteiger partial charge < -0.3 is 47.4 Å². The van der Waals surface area contributed by atoms with E-state index in [1.165, 1.54) is 0 Å². The van der Waals surface area contributed by atoms with Crippen LogP contribution < -0.4 is 0 Å². The summed E-state index contributed by atoms with van der Waals surface area (Å²) < 4.78 is 13.8. The van der Waals surface area contributed by atoms with Gasteiger partial charge in [-0.1, -0.05) is 0 Å². The van der Waals surface area contributed by atoms with Gasteiger partial charge in [-0.05, 0) is 0 Å². The van der Waals surface area contributed by atoms with E-state index in [0.29, 0.717) is 0 Å². The Morgan fingerprint density at radius 3 is 1.56 bits per heavy atom. The molecule has 16 heavy (non-hydrogen) atoms. The Bertz CT molecular complexity index is 137. The molecule has 104 valence electrons. The van der Waals surface area contributed by atoms with Crippen molar-refractivity contribution >= 4 is 37.4 Å². The molecule has 1 unspecified atom stereocenters. The van der Waals surface area contributed by atoms with E-state index in [1.54, 1.807) is 0 Å². The first-order valence-corrected chi connectivity index (χ1v) is 3.98. The van der Waals surface area contributed by atoms with Crippen molar-refractivity contribution in [3.8, 4) is 0 Å². The molecule has 0 aliphatic carbocycles. The molecule has 0 amide bonds. The fourth-order valence-electron chi connectivity index (χ4n) is 0.236. The Balaban J connectivity index is -0.0000000270. The number of aliphatic hydroxyl groups is 2. The molecule has 0 radical (unpaired) electrons. The summed E-state index contributed by atoms with van der Waals surface area (Å²) in [5, 5.41) is 16.7. The second kappa shape index (κ2) is 21.1. The minimum absolute atomic E-state index is 0. The molecule has 0 fully saturated rings. The van der Waals surface area contributed by atoms with E-state index in [1.807, 2.05) is 0 Å². The van der Waals surface area contributed by atoms with Crippen molar-refractivity contribution in [3.63, 3.8) is 0 Å². The number of rotatable bonds is 4. The number of phosphoric acid groups is 1. The maximum absolute atomic E-state index is 9.93. The summed E-state index contributed by atoms with van der Waals surface area (Å²) in [6, 6.07) is 0. The first kappa shape index (κ1) is 43.6. The van der Waals surface area contributed by atoms with Gasteiger partial charge >= 0.3 is 37.4 Å². The molecule has 0 heterocycles. The van der Waals surface area contributed by atoms with Gasteiger partial charge in [0, 0.05) is 0 Å². The normalized spacial score (nSPS) is 9.50. The molecule has 0 aromatic carbocycles. The fourth-order valence-corrected chi connectivity index (χ4v) is 0.602. The zero-order chi connectivity index (χ0) is 8.20. The average molecular weight is 286 g/mol. The summed E-state index contributed by atoms with van der Waals surface area (Å²) in [4.78, 5) is 16.1. The van der Waals surface area contributed by atoms with Crippen LogP contribution in [0.15, 0.2) is 0 Å². The zero-order valence-corrected chi connectivity index (χ0v) is 8.44. The van der Waals surface area contributed by atoms with Gasteiger partial charge in [0.05, 0.1) is 13.2 Å². The predicted octanol–water partition coefficient (Wildman–Crippen LogP) is -6.32. The van der Waals surface area contributed by atoms with Crippen LogP contribution in [-0.2, 0) is 9.09 Å². The number of hydrogen-bond acceptors (Lipinski definition) is 4.